The van der Waals surface area contributed by atoms with Crippen molar-refractivity contribution in [2.45, 2.75) is 44.9 Å². The van der Waals surface area contributed by atoms with Gasteiger partial charge in [0.15, 0.2) is 0 Å². The van der Waals surface area contributed by atoms with Crippen LogP contribution in [-0.2, 0) is 16.5 Å². The Morgan fingerprint density at radius 3 is 2.68 bits per heavy atom. The van der Waals surface area contributed by atoms with Gasteiger partial charge < -0.3 is 30.1 Å². The molecule has 216 valence electrons. The molecular weight excluding hydrogens is 526 g/mol. The van der Waals surface area contributed by atoms with Crippen LogP contribution < -0.4 is 21.1 Å². The van der Waals surface area contributed by atoms with Crippen molar-refractivity contribution in [2.24, 2.45) is 18.9 Å². The number of nitrogens with one attached hydrogen (secondary N) is 2. The van der Waals surface area contributed by atoms with Gasteiger partial charge in [0.1, 0.15) is 6.61 Å². The molecule has 1 amide bonds. The standard InChI is InChI=1S/C30H35N5O6/c1-16-11-20(17(2)31-24-9-5-4-8-19(24)28(37)38)25-21(12-16)27(36)34(3)29(32-25)35-13-22-23(14-35)26(22)33-30(39)41-15-18-7-6-10-40-18/h4-5,8-9,11-12,17-18,22-23,26,31H,6-7,10,13-15H2,1-3H3,(H,33,39)(H,37,38)/t17?,18?,22-,23+,26?. The Bertz CT molecular complexity index is 1550. The number of alkyl carbamates (subject to hydrolysis) is 1. The molecule has 3 aliphatic rings. The zero-order chi connectivity index (χ0) is 28.8. The number of piperidine rings is 1. The summed E-state index contributed by atoms with van der Waals surface area (Å²) in [5.41, 5.74) is 2.87. The number of rotatable bonds is 8. The number of aromatic nitrogens is 2. The fourth-order valence-corrected chi connectivity index (χ4v) is 6.29. The predicted octanol–water partition coefficient (Wildman–Crippen LogP) is 3.45. The molecule has 0 bridgehead atoms. The number of aryl methyl sites for hydroxylation is 1. The van der Waals surface area contributed by atoms with Gasteiger partial charge in [0.05, 0.1) is 28.6 Å². The highest BCUT2D eigenvalue weighted by atomic mass is 16.6. The van der Waals surface area contributed by atoms with Crippen molar-refractivity contribution >= 4 is 34.6 Å². The lowest BCUT2D eigenvalue weighted by Gasteiger charge is -2.25. The minimum Gasteiger partial charge on any atom is -0.478 e. The first kappa shape index (κ1) is 27.1. The molecule has 3 unspecified atom stereocenters. The summed E-state index contributed by atoms with van der Waals surface area (Å²) in [4.78, 5) is 44.7. The summed E-state index contributed by atoms with van der Waals surface area (Å²) < 4.78 is 12.5. The van der Waals surface area contributed by atoms with Gasteiger partial charge in [-0.05, 0) is 50.5 Å². The second kappa shape index (κ2) is 10.7. The Kier molecular flexibility index (Phi) is 7.06. The first-order valence-electron chi connectivity index (χ1n) is 14.1. The highest BCUT2D eigenvalue weighted by molar-refractivity contribution is 5.94. The topological polar surface area (TPSA) is 135 Å². The maximum atomic E-state index is 13.5. The monoisotopic (exact) mass is 561 g/mol. The molecule has 0 spiro atoms. The molecule has 11 heteroatoms. The molecule has 2 aromatic carbocycles. The molecule has 2 saturated heterocycles. The van der Waals surface area contributed by atoms with Crippen LogP contribution in [0.5, 0.6) is 0 Å². The van der Waals surface area contributed by atoms with E-state index in [1.54, 1.807) is 35.9 Å². The highest BCUT2D eigenvalue weighted by Gasteiger charge is 2.57. The number of para-hydroxylation sites is 1. The van der Waals surface area contributed by atoms with Gasteiger partial charge in [-0.15, -0.1) is 0 Å². The third-order valence-corrected chi connectivity index (χ3v) is 8.51. The average molecular weight is 562 g/mol. The van der Waals surface area contributed by atoms with E-state index >= 15 is 0 Å². The molecule has 11 nitrogen and oxygen atoms in total. The maximum Gasteiger partial charge on any atom is 0.407 e. The van der Waals surface area contributed by atoms with Gasteiger partial charge in [-0.2, -0.15) is 0 Å². The first-order chi connectivity index (χ1) is 19.7. The summed E-state index contributed by atoms with van der Waals surface area (Å²) in [5, 5.41) is 16.4. The molecular formula is C30H35N5O6. The van der Waals surface area contributed by atoms with E-state index < -0.39 is 12.1 Å². The van der Waals surface area contributed by atoms with Crippen LogP contribution in [0.25, 0.3) is 10.9 Å². The molecule has 3 N–H and O–H groups in total. The van der Waals surface area contributed by atoms with Gasteiger partial charge >= 0.3 is 12.1 Å². The maximum absolute atomic E-state index is 13.5. The van der Waals surface area contributed by atoms with Crippen molar-refractivity contribution < 1.29 is 24.2 Å². The van der Waals surface area contributed by atoms with E-state index in [1.165, 1.54) is 0 Å². The number of fused-ring (bicyclic) bond motifs is 2. The lowest BCUT2D eigenvalue weighted by atomic mass is 10.0. The minimum absolute atomic E-state index is 0.00582. The van der Waals surface area contributed by atoms with E-state index in [-0.39, 0.29) is 47.8 Å². The van der Waals surface area contributed by atoms with E-state index in [1.807, 2.05) is 26.0 Å². The van der Waals surface area contributed by atoms with Gasteiger partial charge in [0, 0.05) is 55.9 Å². The van der Waals surface area contributed by atoms with Gasteiger partial charge in [0.25, 0.3) is 5.56 Å². The summed E-state index contributed by atoms with van der Waals surface area (Å²) in [7, 11) is 1.74. The van der Waals surface area contributed by atoms with Crippen LogP contribution in [0.1, 0.15) is 47.3 Å². The lowest BCUT2D eigenvalue weighted by molar-refractivity contribution is 0.0435. The van der Waals surface area contributed by atoms with Crippen LogP contribution in [0, 0.1) is 18.8 Å². The predicted molar refractivity (Wildman–Crippen MR) is 154 cm³/mol. The second-order valence-electron chi connectivity index (χ2n) is 11.4. The fraction of sp³-hybridized carbons (Fsp3) is 0.467. The van der Waals surface area contributed by atoms with Crippen LogP contribution >= 0.6 is 0 Å². The molecule has 3 aromatic rings. The molecule has 5 atom stereocenters. The fourth-order valence-electron chi connectivity index (χ4n) is 6.29. The third-order valence-electron chi connectivity index (χ3n) is 8.51. The number of benzene rings is 2. The largest absolute Gasteiger partial charge is 0.478 e. The number of amides is 1. The summed E-state index contributed by atoms with van der Waals surface area (Å²) in [6.07, 6.45) is 1.50. The Labute approximate surface area is 237 Å². The minimum atomic E-state index is -1.01. The number of carbonyl (C=O) groups excluding carboxylic acids is 1. The van der Waals surface area contributed by atoms with E-state index in [9.17, 15) is 19.5 Å². The Morgan fingerprint density at radius 1 is 1.22 bits per heavy atom. The molecule has 3 fully saturated rings. The Balaban J connectivity index is 1.20. The van der Waals surface area contributed by atoms with E-state index in [0.717, 1.165) is 30.6 Å². The average Bonchev–Trinajstić information content (AvgIpc) is 3.33. The number of anilines is 2. The number of hydrogen-bond donors (Lipinski definition) is 3. The van der Waals surface area contributed by atoms with Crippen LogP contribution in [0.3, 0.4) is 0 Å². The summed E-state index contributed by atoms with van der Waals surface area (Å²) in [6, 6.07) is 10.3. The number of ether oxygens (including phenoxy) is 2. The molecule has 41 heavy (non-hydrogen) atoms. The van der Waals surface area contributed by atoms with Crippen LogP contribution in [-0.4, -0.2) is 65.2 Å². The molecule has 2 aliphatic heterocycles. The van der Waals surface area contributed by atoms with E-state index in [2.05, 4.69) is 15.5 Å². The molecule has 0 radical (unpaired) electrons. The number of carbonyl (C=O) groups is 2. The van der Waals surface area contributed by atoms with Gasteiger partial charge in [-0.25, -0.2) is 14.6 Å². The number of nitrogens with zero attached hydrogens (tertiary/aromatic N) is 3. The smallest absolute Gasteiger partial charge is 0.407 e. The van der Waals surface area contributed by atoms with Crippen LogP contribution in [0.2, 0.25) is 0 Å². The van der Waals surface area contributed by atoms with Crippen LogP contribution in [0.15, 0.2) is 41.2 Å². The Hall–Kier alpha value is -4.12. The van der Waals surface area contributed by atoms with Crippen molar-refractivity contribution in [2.75, 3.05) is 36.5 Å². The zero-order valence-corrected chi connectivity index (χ0v) is 23.4. The van der Waals surface area contributed by atoms with Crippen molar-refractivity contribution in [1.82, 2.24) is 14.9 Å². The summed E-state index contributed by atoms with van der Waals surface area (Å²) in [5.74, 6) is 0.102. The van der Waals surface area contributed by atoms with Gasteiger partial charge in [-0.1, -0.05) is 18.2 Å². The van der Waals surface area contributed by atoms with Crippen molar-refractivity contribution in [1.29, 1.82) is 0 Å². The Morgan fingerprint density at radius 2 is 1.98 bits per heavy atom. The third kappa shape index (κ3) is 5.21. The van der Waals surface area contributed by atoms with Gasteiger partial charge in [-0.3, -0.25) is 9.36 Å². The molecule has 1 aliphatic carbocycles. The summed E-state index contributed by atoms with van der Waals surface area (Å²) in [6.45, 7) is 6.22. The second-order valence-corrected chi connectivity index (χ2v) is 11.4. The molecule has 6 rings (SSSR count). The number of aromatic carboxylic acids is 1. The first-order valence-corrected chi connectivity index (χ1v) is 14.1. The van der Waals surface area contributed by atoms with Gasteiger partial charge in [0.2, 0.25) is 5.95 Å². The van der Waals surface area contributed by atoms with Crippen molar-refractivity contribution in [3.63, 3.8) is 0 Å². The van der Waals surface area contributed by atoms with Crippen molar-refractivity contribution in [3.05, 3.63) is 63.4 Å². The van der Waals surface area contributed by atoms with E-state index in [4.69, 9.17) is 14.5 Å². The highest BCUT2D eigenvalue weighted by Crippen LogP contribution is 2.46. The number of carboxylic acids is 1. The molecule has 3 heterocycles. The van der Waals surface area contributed by atoms with Crippen molar-refractivity contribution in [3.8, 4) is 0 Å². The zero-order valence-electron chi connectivity index (χ0n) is 23.4. The number of hydrogen-bond acceptors (Lipinski definition) is 8. The SMILES string of the molecule is Cc1cc(C(C)Nc2ccccc2C(=O)O)c2nc(N3C[C@@H]4C(NC(=O)OCC5CCCO5)[C@@H]4C3)n(C)c(=O)c2c1. The quantitative estimate of drug-likeness (QED) is 0.378. The normalized spacial score (nSPS) is 23.7. The van der Waals surface area contributed by atoms with E-state index in [0.29, 0.717) is 35.6 Å². The molecule has 1 saturated carbocycles. The lowest BCUT2D eigenvalue weighted by Crippen LogP contribution is -2.38. The number of carboxylic acid groups (broad SMARTS) is 1. The molecule has 1 aromatic heterocycles. The van der Waals surface area contributed by atoms with Crippen LogP contribution in [0.4, 0.5) is 16.4 Å². The summed E-state index contributed by atoms with van der Waals surface area (Å²) >= 11 is 0.